The van der Waals surface area contributed by atoms with E-state index in [2.05, 4.69) is 41.5 Å². The molecule has 218 valence electrons. The summed E-state index contributed by atoms with van der Waals surface area (Å²) in [5.41, 5.74) is 8.60. The molecule has 2 heterocycles. The number of anilines is 1. The first-order valence-electron chi connectivity index (χ1n) is 14.5. The first-order chi connectivity index (χ1) is 20.5. The van der Waals surface area contributed by atoms with Crippen molar-refractivity contribution < 1.29 is 10.0 Å². The third kappa shape index (κ3) is 8.10. The van der Waals surface area contributed by atoms with Gasteiger partial charge in [0.2, 0.25) is 5.91 Å². The number of nitrogens with zero attached hydrogens (tertiary/aromatic N) is 4. The molecule has 1 aromatic heterocycles. The summed E-state index contributed by atoms with van der Waals surface area (Å²) >= 11 is 7.26. The van der Waals surface area contributed by atoms with Gasteiger partial charge in [-0.2, -0.15) is 0 Å². The van der Waals surface area contributed by atoms with Crippen LogP contribution < -0.4 is 10.3 Å². The Morgan fingerprint density at radius 2 is 1.60 bits per heavy atom. The second-order valence-corrected chi connectivity index (χ2v) is 12.0. The van der Waals surface area contributed by atoms with Crippen molar-refractivity contribution in [1.82, 2.24) is 20.0 Å². The van der Waals surface area contributed by atoms with Crippen LogP contribution in [0.3, 0.4) is 0 Å². The molecular weight excluding hydrogens is 566 g/mol. The van der Waals surface area contributed by atoms with Crippen molar-refractivity contribution in [2.45, 2.75) is 56.8 Å². The number of rotatable bonds is 12. The summed E-state index contributed by atoms with van der Waals surface area (Å²) in [7, 11) is 0. The fourth-order valence-corrected chi connectivity index (χ4v) is 5.83. The zero-order valence-electron chi connectivity index (χ0n) is 23.8. The largest absolute Gasteiger partial charge is 0.355 e. The number of aryl methyl sites for hydroxylation is 2. The number of carbonyl (C=O) groups is 1. The van der Waals surface area contributed by atoms with Crippen LogP contribution in [0.15, 0.2) is 83.8 Å². The van der Waals surface area contributed by atoms with Crippen molar-refractivity contribution >= 4 is 35.3 Å². The number of nitrogens with one attached hydrogen (secondary N) is 1. The molecule has 3 aromatic carbocycles. The van der Waals surface area contributed by atoms with Crippen LogP contribution in [0.25, 0.3) is 22.5 Å². The smallest absolute Gasteiger partial charge is 0.236 e. The number of halogens is 1. The molecular formula is C33H36ClN5O2S. The molecule has 1 aliphatic heterocycles. The summed E-state index contributed by atoms with van der Waals surface area (Å²) in [6.07, 6.45) is 6.07. The lowest BCUT2D eigenvalue weighted by atomic mass is 10.0. The molecule has 0 atom stereocenters. The standard InChI is InChI=1S/C33H36ClN5O2S/c1-24-14-16-25(17-15-24)31-32(26-18-20-27(34)21-19-26)36-33-29(35-31)12-9-23-38(33)22-8-3-2-7-13-30(40)37-39(41)42-28-10-5-4-6-11-28/h4-6,10-11,14-21,41H,2-3,7-9,12-13,22-23H2,1H3,(H,37,40). The van der Waals surface area contributed by atoms with Crippen LogP contribution in [0.4, 0.5) is 5.82 Å². The van der Waals surface area contributed by atoms with E-state index in [9.17, 15) is 10.0 Å². The quantitative estimate of drug-likeness (QED) is 0.0970. The fourth-order valence-electron chi connectivity index (χ4n) is 5.07. The van der Waals surface area contributed by atoms with Gasteiger partial charge < -0.3 is 4.90 Å². The lowest BCUT2D eigenvalue weighted by Gasteiger charge is -2.30. The third-order valence-electron chi connectivity index (χ3n) is 7.27. The Labute approximate surface area is 257 Å². The molecule has 0 saturated heterocycles. The van der Waals surface area contributed by atoms with Gasteiger partial charge in [0.05, 0.1) is 17.1 Å². The predicted octanol–water partition coefficient (Wildman–Crippen LogP) is 7.91. The normalized spacial score (nSPS) is 12.8. The predicted molar refractivity (Wildman–Crippen MR) is 170 cm³/mol. The number of hydrogen-bond donors (Lipinski definition) is 2. The summed E-state index contributed by atoms with van der Waals surface area (Å²) in [6.45, 7) is 3.94. The molecule has 0 bridgehead atoms. The highest BCUT2D eigenvalue weighted by atomic mass is 35.5. The molecule has 1 aliphatic rings. The van der Waals surface area contributed by atoms with Gasteiger partial charge in [-0.15, -0.1) is 0 Å². The average molecular weight is 602 g/mol. The molecule has 2 N–H and O–H groups in total. The number of hydrogen-bond acceptors (Lipinski definition) is 7. The Hall–Kier alpha value is -3.43. The van der Waals surface area contributed by atoms with Gasteiger partial charge in [0.25, 0.3) is 0 Å². The number of fused-ring (bicyclic) bond motifs is 1. The third-order valence-corrected chi connectivity index (χ3v) is 8.27. The molecule has 9 heteroatoms. The summed E-state index contributed by atoms with van der Waals surface area (Å²) < 4.78 is 0.773. The molecule has 0 spiro atoms. The minimum atomic E-state index is -0.194. The zero-order chi connectivity index (χ0) is 29.3. The Kier molecular flexibility index (Phi) is 10.5. The van der Waals surface area contributed by atoms with Crippen LogP contribution in [-0.4, -0.2) is 38.7 Å². The maximum atomic E-state index is 12.2. The highest BCUT2D eigenvalue weighted by molar-refractivity contribution is 7.96. The van der Waals surface area contributed by atoms with E-state index >= 15 is 0 Å². The molecule has 0 saturated carbocycles. The minimum absolute atomic E-state index is 0.194. The van der Waals surface area contributed by atoms with Crippen LogP contribution in [0, 0.1) is 6.92 Å². The molecule has 4 aromatic rings. The number of carbonyl (C=O) groups excluding carboxylic acids is 1. The second kappa shape index (κ2) is 14.6. The van der Waals surface area contributed by atoms with Crippen molar-refractivity contribution in [2.75, 3.05) is 18.0 Å². The Bertz CT molecular complexity index is 1470. The molecule has 7 nitrogen and oxygen atoms in total. The van der Waals surface area contributed by atoms with Gasteiger partial charge in [0.15, 0.2) is 5.82 Å². The summed E-state index contributed by atoms with van der Waals surface area (Å²) in [5.74, 6) is 0.778. The molecule has 0 fully saturated rings. The SMILES string of the molecule is Cc1ccc(-c2nc3c(nc2-c2ccc(Cl)cc2)N(CCCCCCC(=O)NN(O)Sc2ccccc2)CCC3)cc1. The van der Waals surface area contributed by atoms with Crippen molar-refractivity contribution in [1.29, 1.82) is 0 Å². The second-order valence-electron chi connectivity index (χ2n) is 10.5. The topological polar surface area (TPSA) is 81.6 Å². The van der Waals surface area contributed by atoms with Gasteiger partial charge in [0, 0.05) is 52.5 Å². The summed E-state index contributed by atoms with van der Waals surface area (Å²) in [4.78, 5) is 25.8. The minimum Gasteiger partial charge on any atom is -0.355 e. The highest BCUT2D eigenvalue weighted by Gasteiger charge is 2.23. The average Bonchev–Trinajstić information content (AvgIpc) is 2.99. The number of aromatic nitrogens is 2. The van der Waals surface area contributed by atoms with E-state index in [-0.39, 0.29) is 5.91 Å². The first kappa shape index (κ1) is 30.0. The Morgan fingerprint density at radius 3 is 2.33 bits per heavy atom. The maximum Gasteiger partial charge on any atom is 0.236 e. The number of benzene rings is 3. The molecule has 1 amide bonds. The van der Waals surface area contributed by atoms with E-state index in [1.54, 1.807) is 0 Å². The summed E-state index contributed by atoms with van der Waals surface area (Å²) in [5, 5.41) is 10.7. The van der Waals surface area contributed by atoms with Gasteiger partial charge >= 0.3 is 0 Å². The van der Waals surface area contributed by atoms with Crippen molar-refractivity contribution in [3.05, 3.63) is 95.1 Å². The highest BCUT2D eigenvalue weighted by Crippen LogP contribution is 2.35. The summed E-state index contributed by atoms with van der Waals surface area (Å²) in [6, 6.07) is 25.7. The van der Waals surface area contributed by atoms with Gasteiger partial charge in [-0.1, -0.05) is 84.6 Å². The number of hydrazine groups is 1. The van der Waals surface area contributed by atoms with Crippen LogP contribution >= 0.6 is 23.5 Å². The first-order valence-corrected chi connectivity index (χ1v) is 15.6. The molecule has 0 aliphatic carbocycles. The van der Waals surface area contributed by atoms with E-state index in [1.165, 1.54) is 5.56 Å². The van der Waals surface area contributed by atoms with Gasteiger partial charge in [-0.3, -0.25) is 15.4 Å². The van der Waals surface area contributed by atoms with Crippen LogP contribution in [0.1, 0.15) is 49.8 Å². The number of amides is 1. The van der Waals surface area contributed by atoms with Crippen LogP contribution in [0.2, 0.25) is 5.02 Å². The van der Waals surface area contributed by atoms with Gasteiger partial charge in [-0.25, -0.2) is 9.97 Å². The molecule has 5 rings (SSSR count). The lowest BCUT2D eigenvalue weighted by Crippen LogP contribution is -2.34. The molecule has 0 radical (unpaired) electrons. The van der Waals surface area contributed by atoms with E-state index < -0.39 is 0 Å². The van der Waals surface area contributed by atoms with E-state index in [1.807, 2.05) is 54.6 Å². The van der Waals surface area contributed by atoms with E-state index in [4.69, 9.17) is 21.6 Å². The monoisotopic (exact) mass is 601 g/mol. The van der Waals surface area contributed by atoms with Crippen LogP contribution in [0.5, 0.6) is 0 Å². The van der Waals surface area contributed by atoms with Gasteiger partial charge in [-0.05, 0) is 61.5 Å². The van der Waals surface area contributed by atoms with Crippen molar-refractivity contribution in [2.24, 2.45) is 0 Å². The Morgan fingerprint density at radius 1 is 0.929 bits per heavy atom. The molecule has 42 heavy (non-hydrogen) atoms. The van der Waals surface area contributed by atoms with Gasteiger partial charge in [0.1, 0.15) is 0 Å². The molecule has 0 unspecified atom stereocenters. The van der Waals surface area contributed by atoms with Crippen LogP contribution in [-0.2, 0) is 11.2 Å². The maximum absolute atomic E-state index is 12.2. The lowest BCUT2D eigenvalue weighted by molar-refractivity contribution is -0.134. The van der Waals surface area contributed by atoms with Crippen molar-refractivity contribution in [3.63, 3.8) is 0 Å². The Balaban J connectivity index is 1.17. The fraction of sp³-hybridized carbons (Fsp3) is 0.303. The van der Waals surface area contributed by atoms with E-state index in [0.717, 1.165) is 107 Å². The number of unbranched alkanes of at least 4 members (excludes halogenated alkanes) is 3. The zero-order valence-corrected chi connectivity index (χ0v) is 25.4. The van der Waals surface area contributed by atoms with Crippen molar-refractivity contribution in [3.8, 4) is 22.5 Å². The van der Waals surface area contributed by atoms with E-state index in [0.29, 0.717) is 11.4 Å².